The topological polar surface area (TPSA) is 59.3 Å². The number of carbonyl (C=O) groups is 1. The number of amides is 1. The Labute approximate surface area is 165 Å². The Balaban J connectivity index is 1.33. The van der Waals surface area contributed by atoms with Crippen molar-refractivity contribution in [1.29, 1.82) is 0 Å². The fraction of sp³-hybridized carbons (Fsp3) is 0.0952. The normalized spacial score (nSPS) is 11.3. The Morgan fingerprint density at radius 2 is 1.96 bits per heavy atom. The first-order valence-corrected chi connectivity index (χ1v) is 9.61. The molecule has 0 aliphatic rings. The van der Waals surface area contributed by atoms with Crippen molar-refractivity contribution in [2.75, 3.05) is 6.54 Å². The quantitative estimate of drug-likeness (QED) is 0.505. The highest BCUT2D eigenvalue weighted by Crippen LogP contribution is 2.30. The number of aromatic nitrogens is 3. The summed E-state index contributed by atoms with van der Waals surface area (Å²) in [6.07, 6.45) is 5.70. The summed E-state index contributed by atoms with van der Waals surface area (Å²) in [5.74, 6) is 0.362. The van der Waals surface area contributed by atoms with Crippen molar-refractivity contribution in [1.82, 2.24) is 19.9 Å². The second-order valence-corrected chi connectivity index (χ2v) is 7.22. The van der Waals surface area contributed by atoms with Gasteiger partial charge in [-0.25, -0.2) is 4.39 Å². The summed E-state index contributed by atoms with van der Waals surface area (Å²) < 4.78 is 15.8. The lowest BCUT2D eigenvalue weighted by Crippen LogP contribution is -2.24. The molecule has 1 aromatic carbocycles. The van der Waals surface area contributed by atoms with Crippen LogP contribution in [-0.2, 0) is 11.2 Å². The highest BCUT2D eigenvalue weighted by molar-refractivity contribution is 7.16. The van der Waals surface area contributed by atoms with E-state index >= 15 is 0 Å². The van der Waals surface area contributed by atoms with Crippen LogP contribution in [0.5, 0.6) is 0 Å². The second-order valence-electron chi connectivity index (χ2n) is 6.10. The van der Waals surface area contributed by atoms with Gasteiger partial charge in [0, 0.05) is 40.6 Å². The molecule has 0 saturated heterocycles. The van der Waals surface area contributed by atoms with Crippen molar-refractivity contribution in [2.24, 2.45) is 0 Å². The average Bonchev–Trinajstić information content (AvgIpc) is 3.34. The van der Waals surface area contributed by atoms with Crippen molar-refractivity contribution >= 4 is 29.0 Å². The summed E-state index contributed by atoms with van der Waals surface area (Å²) in [5, 5.41) is 11.1. The molecule has 0 fully saturated rings. The molecule has 4 rings (SSSR count). The first-order valence-electron chi connectivity index (χ1n) is 8.80. The number of pyridine rings is 1. The van der Waals surface area contributed by atoms with Gasteiger partial charge in [0.15, 0.2) is 5.65 Å². The smallest absolute Gasteiger partial charge is 0.244 e. The van der Waals surface area contributed by atoms with Crippen LogP contribution < -0.4 is 5.32 Å². The third-order valence-corrected chi connectivity index (χ3v) is 5.28. The minimum Gasteiger partial charge on any atom is -0.352 e. The van der Waals surface area contributed by atoms with Crippen LogP contribution in [0.1, 0.15) is 10.7 Å². The van der Waals surface area contributed by atoms with Crippen LogP contribution >= 0.6 is 11.3 Å². The molecular formula is C21H17FN4OS. The molecule has 3 aromatic heterocycles. The van der Waals surface area contributed by atoms with E-state index in [1.54, 1.807) is 24.3 Å². The van der Waals surface area contributed by atoms with E-state index in [4.69, 9.17) is 0 Å². The van der Waals surface area contributed by atoms with Gasteiger partial charge in [-0.05, 0) is 36.4 Å². The lowest BCUT2D eigenvalue weighted by Gasteiger charge is -2.01. The van der Waals surface area contributed by atoms with Gasteiger partial charge < -0.3 is 5.32 Å². The minimum absolute atomic E-state index is 0.185. The fourth-order valence-corrected chi connectivity index (χ4v) is 3.76. The van der Waals surface area contributed by atoms with Gasteiger partial charge in [0.25, 0.3) is 0 Å². The third kappa shape index (κ3) is 3.99. The molecule has 0 unspecified atom stereocenters. The number of halogens is 1. The van der Waals surface area contributed by atoms with Gasteiger partial charge in [-0.1, -0.05) is 24.3 Å². The number of carbonyl (C=O) groups excluding carboxylic acids is 1. The number of thiophene rings is 1. The SMILES string of the molecule is O=C(/C=C/c1ccc(-c2ccccc2F)s1)NCCc1nnc2ccccn12. The Morgan fingerprint density at radius 3 is 2.86 bits per heavy atom. The van der Waals surface area contributed by atoms with E-state index in [1.165, 1.54) is 23.5 Å². The molecule has 5 nitrogen and oxygen atoms in total. The Bertz CT molecular complexity index is 1150. The highest BCUT2D eigenvalue weighted by Gasteiger charge is 2.07. The zero-order valence-corrected chi connectivity index (χ0v) is 15.7. The second kappa shape index (κ2) is 8.14. The van der Waals surface area contributed by atoms with E-state index in [2.05, 4.69) is 15.5 Å². The van der Waals surface area contributed by atoms with E-state index in [0.29, 0.717) is 18.5 Å². The number of hydrogen-bond donors (Lipinski definition) is 1. The zero-order chi connectivity index (χ0) is 19.3. The molecule has 7 heteroatoms. The van der Waals surface area contributed by atoms with Gasteiger partial charge in [-0.15, -0.1) is 21.5 Å². The molecule has 140 valence electrons. The van der Waals surface area contributed by atoms with Gasteiger partial charge in [0.05, 0.1) is 0 Å². The molecule has 0 saturated carbocycles. The number of nitrogens with one attached hydrogen (secondary N) is 1. The maximum absolute atomic E-state index is 13.9. The summed E-state index contributed by atoms with van der Waals surface area (Å²) in [6.45, 7) is 0.462. The van der Waals surface area contributed by atoms with E-state index in [0.717, 1.165) is 21.2 Å². The molecule has 0 aliphatic heterocycles. The van der Waals surface area contributed by atoms with Crippen LogP contribution in [0.25, 0.3) is 22.2 Å². The van der Waals surface area contributed by atoms with Crippen LogP contribution in [0.3, 0.4) is 0 Å². The van der Waals surface area contributed by atoms with Crippen LogP contribution in [0.2, 0.25) is 0 Å². The number of fused-ring (bicyclic) bond motifs is 1. The standard InChI is InChI=1S/C21H17FN4OS/c22-17-6-2-1-5-16(17)18-10-8-15(28-18)9-11-21(27)23-13-12-20-25-24-19-7-3-4-14-26(19)20/h1-11,14H,12-13H2,(H,23,27)/b11-9+. The maximum atomic E-state index is 13.9. The predicted molar refractivity (Wildman–Crippen MR) is 108 cm³/mol. The van der Waals surface area contributed by atoms with Gasteiger partial charge in [0.2, 0.25) is 5.91 Å². The summed E-state index contributed by atoms with van der Waals surface area (Å²) >= 11 is 1.44. The van der Waals surface area contributed by atoms with Gasteiger partial charge in [0.1, 0.15) is 11.6 Å². The lowest BCUT2D eigenvalue weighted by molar-refractivity contribution is -0.116. The van der Waals surface area contributed by atoms with Crippen LogP contribution in [0, 0.1) is 5.82 Å². The fourth-order valence-electron chi connectivity index (χ4n) is 2.82. The molecule has 1 amide bonds. The van der Waals surface area contributed by atoms with Crippen LogP contribution in [-0.4, -0.2) is 27.0 Å². The highest BCUT2D eigenvalue weighted by atomic mass is 32.1. The minimum atomic E-state index is -0.251. The molecule has 3 heterocycles. The maximum Gasteiger partial charge on any atom is 0.244 e. The Morgan fingerprint density at radius 1 is 1.11 bits per heavy atom. The van der Waals surface area contributed by atoms with Crippen LogP contribution in [0.4, 0.5) is 4.39 Å². The van der Waals surface area contributed by atoms with Gasteiger partial charge in [-0.3, -0.25) is 9.20 Å². The molecule has 4 aromatic rings. The molecule has 1 N–H and O–H groups in total. The lowest BCUT2D eigenvalue weighted by atomic mass is 10.2. The third-order valence-electron chi connectivity index (χ3n) is 4.20. The molecule has 0 aliphatic carbocycles. The largest absolute Gasteiger partial charge is 0.352 e. The van der Waals surface area contributed by atoms with Crippen molar-refractivity contribution in [3.8, 4) is 10.4 Å². The molecule has 0 radical (unpaired) electrons. The Hall–Kier alpha value is -3.32. The molecular weight excluding hydrogens is 375 g/mol. The van der Waals surface area contributed by atoms with E-state index in [-0.39, 0.29) is 11.7 Å². The first-order chi connectivity index (χ1) is 13.7. The number of hydrogen-bond acceptors (Lipinski definition) is 4. The van der Waals surface area contributed by atoms with Crippen LogP contribution in [0.15, 0.2) is 66.9 Å². The number of rotatable bonds is 6. The van der Waals surface area contributed by atoms with Crippen molar-refractivity contribution in [2.45, 2.75) is 6.42 Å². The van der Waals surface area contributed by atoms with Crippen molar-refractivity contribution in [3.63, 3.8) is 0 Å². The summed E-state index contributed by atoms with van der Waals surface area (Å²) in [5.41, 5.74) is 1.35. The van der Waals surface area contributed by atoms with E-state index in [9.17, 15) is 9.18 Å². The predicted octanol–water partition coefficient (Wildman–Crippen LogP) is 3.97. The number of benzene rings is 1. The Kier molecular flexibility index (Phi) is 5.25. The molecule has 0 spiro atoms. The molecule has 0 bridgehead atoms. The summed E-state index contributed by atoms with van der Waals surface area (Å²) in [4.78, 5) is 13.8. The van der Waals surface area contributed by atoms with Crippen molar-refractivity contribution in [3.05, 3.63) is 83.4 Å². The van der Waals surface area contributed by atoms with Gasteiger partial charge >= 0.3 is 0 Å². The molecule has 28 heavy (non-hydrogen) atoms. The summed E-state index contributed by atoms with van der Waals surface area (Å²) in [7, 11) is 0. The van der Waals surface area contributed by atoms with Gasteiger partial charge in [-0.2, -0.15) is 0 Å². The monoisotopic (exact) mass is 392 g/mol. The average molecular weight is 392 g/mol. The van der Waals surface area contributed by atoms with Crippen molar-refractivity contribution < 1.29 is 9.18 Å². The van der Waals surface area contributed by atoms with E-state index in [1.807, 2.05) is 40.9 Å². The number of nitrogens with zero attached hydrogens (tertiary/aromatic N) is 3. The molecule has 0 atom stereocenters. The summed E-state index contributed by atoms with van der Waals surface area (Å²) in [6, 6.07) is 16.1. The first kappa shape index (κ1) is 18.1. The van der Waals surface area contributed by atoms with E-state index < -0.39 is 0 Å². The zero-order valence-electron chi connectivity index (χ0n) is 14.9.